The van der Waals surface area contributed by atoms with Crippen molar-refractivity contribution in [2.45, 2.75) is 45.4 Å². The smallest absolute Gasteiger partial charge is 0.0693 e. The van der Waals surface area contributed by atoms with Crippen molar-refractivity contribution in [2.24, 2.45) is 11.3 Å². The standard InChI is InChI=1S/C16H20ClN/c1-2-13-4-3-9-16(10-13,12-18)11-14-5-7-15(17)8-6-14/h5-8,13H,2-4,9-11H2,1H3. The van der Waals surface area contributed by atoms with E-state index in [0.29, 0.717) is 0 Å². The van der Waals surface area contributed by atoms with Gasteiger partial charge in [0.1, 0.15) is 0 Å². The lowest BCUT2D eigenvalue weighted by Crippen LogP contribution is -2.29. The Morgan fingerprint density at radius 1 is 1.39 bits per heavy atom. The van der Waals surface area contributed by atoms with Crippen LogP contribution in [0.2, 0.25) is 5.02 Å². The molecule has 2 heteroatoms. The summed E-state index contributed by atoms with van der Waals surface area (Å²) in [7, 11) is 0. The summed E-state index contributed by atoms with van der Waals surface area (Å²) in [6, 6.07) is 10.6. The van der Waals surface area contributed by atoms with Gasteiger partial charge in [0, 0.05) is 5.02 Å². The Bertz CT molecular complexity index is 431. The SMILES string of the molecule is CCC1CCCC(C#N)(Cc2ccc(Cl)cc2)C1. The van der Waals surface area contributed by atoms with Crippen LogP contribution in [0, 0.1) is 22.7 Å². The van der Waals surface area contributed by atoms with E-state index in [-0.39, 0.29) is 5.41 Å². The lowest BCUT2D eigenvalue weighted by molar-refractivity contribution is 0.194. The molecule has 0 N–H and O–H groups in total. The Hall–Kier alpha value is -1.00. The molecule has 1 fully saturated rings. The second kappa shape index (κ2) is 5.76. The van der Waals surface area contributed by atoms with Crippen molar-refractivity contribution < 1.29 is 0 Å². The maximum Gasteiger partial charge on any atom is 0.0693 e. The summed E-state index contributed by atoms with van der Waals surface area (Å²) in [5.74, 6) is 0.728. The van der Waals surface area contributed by atoms with Gasteiger partial charge >= 0.3 is 0 Å². The molecule has 0 aromatic heterocycles. The normalized spacial score (nSPS) is 27.7. The first kappa shape index (κ1) is 13.4. The Balaban J connectivity index is 2.13. The van der Waals surface area contributed by atoms with Crippen LogP contribution in [0.3, 0.4) is 0 Å². The van der Waals surface area contributed by atoms with Gasteiger partial charge in [-0.25, -0.2) is 0 Å². The topological polar surface area (TPSA) is 23.8 Å². The monoisotopic (exact) mass is 261 g/mol. The molecule has 1 aromatic carbocycles. The number of nitriles is 1. The molecule has 0 bridgehead atoms. The molecular weight excluding hydrogens is 242 g/mol. The van der Waals surface area contributed by atoms with E-state index in [1.807, 2.05) is 12.1 Å². The Kier molecular flexibility index (Phi) is 4.30. The van der Waals surface area contributed by atoms with Crippen molar-refractivity contribution in [3.8, 4) is 6.07 Å². The molecule has 1 nitrogen and oxygen atoms in total. The average molecular weight is 262 g/mol. The molecule has 0 radical (unpaired) electrons. The maximum atomic E-state index is 9.59. The van der Waals surface area contributed by atoms with Crippen LogP contribution in [0.5, 0.6) is 0 Å². The Morgan fingerprint density at radius 3 is 2.72 bits per heavy atom. The predicted octanol–water partition coefficient (Wildman–Crippen LogP) is 4.99. The number of nitrogens with zero attached hydrogens (tertiary/aromatic N) is 1. The molecule has 2 rings (SSSR count). The fraction of sp³-hybridized carbons (Fsp3) is 0.562. The van der Waals surface area contributed by atoms with E-state index in [9.17, 15) is 5.26 Å². The molecule has 0 heterocycles. The molecule has 18 heavy (non-hydrogen) atoms. The molecular formula is C16H20ClN. The third-order valence-corrected chi connectivity index (χ3v) is 4.47. The van der Waals surface area contributed by atoms with Gasteiger partial charge < -0.3 is 0 Å². The van der Waals surface area contributed by atoms with Crippen LogP contribution in [0.25, 0.3) is 0 Å². The van der Waals surface area contributed by atoms with Crippen molar-refractivity contribution in [3.63, 3.8) is 0 Å². The minimum Gasteiger partial charge on any atom is -0.198 e. The molecule has 0 spiro atoms. The number of halogens is 1. The largest absolute Gasteiger partial charge is 0.198 e. The molecule has 1 saturated carbocycles. The molecule has 2 atom stereocenters. The highest BCUT2D eigenvalue weighted by Gasteiger charge is 2.35. The summed E-state index contributed by atoms with van der Waals surface area (Å²) in [4.78, 5) is 0. The molecule has 0 saturated heterocycles. The zero-order chi connectivity index (χ0) is 13.0. The van der Waals surface area contributed by atoms with Crippen LogP contribution in [0.1, 0.15) is 44.6 Å². The first-order valence-corrected chi connectivity index (χ1v) is 7.21. The highest BCUT2D eigenvalue weighted by Crippen LogP contribution is 2.42. The lowest BCUT2D eigenvalue weighted by Gasteiger charge is -2.35. The van der Waals surface area contributed by atoms with E-state index < -0.39 is 0 Å². The molecule has 96 valence electrons. The van der Waals surface area contributed by atoms with Gasteiger partial charge in [-0.15, -0.1) is 0 Å². The quantitative estimate of drug-likeness (QED) is 0.752. The average Bonchev–Trinajstić information content (AvgIpc) is 2.42. The highest BCUT2D eigenvalue weighted by atomic mass is 35.5. The number of hydrogen-bond acceptors (Lipinski definition) is 1. The van der Waals surface area contributed by atoms with Crippen LogP contribution in [0.15, 0.2) is 24.3 Å². The number of hydrogen-bond donors (Lipinski definition) is 0. The van der Waals surface area contributed by atoms with Gasteiger partial charge in [-0.1, -0.05) is 49.9 Å². The molecule has 1 aromatic rings. The van der Waals surface area contributed by atoms with E-state index in [1.54, 1.807) is 0 Å². The summed E-state index contributed by atoms with van der Waals surface area (Å²) in [5.41, 5.74) is 1.09. The number of rotatable bonds is 3. The summed E-state index contributed by atoms with van der Waals surface area (Å²) in [6.45, 7) is 2.24. The van der Waals surface area contributed by atoms with Gasteiger partial charge in [-0.3, -0.25) is 0 Å². The second-order valence-corrected chi connectivity index (χ2v) is 6.00. The fourth-order valence-electron chi connectivity index (χ4n) is 3.13. The lowest BCUT2D eigenvalue weighted by atomic mass is 9.67. The van der Waals surface area contributed by atoms with E-state index in [2.05, 4.69) is 25.1 Å². The van der Waals surface area contributed by atoms with E-state index in [0.717, 1.165) is 30.2 Å². The van der Waals surface area contributed by atoms with Crippen LogP contribution in [-0.2, 0) is 6.42 Å². The summed E-state index contributed by atoms with van der Waals surface area (Å²) < 4.78 is 0. The first-order chi connectivity index (χ1) is 8.67. The van der Waals surface area contributed by atoms with Crippen molar-refractivity contribution in [3.05, 3.63) is 34.9 Å². The van der Waals surface area contributed by atoms with Crippen LogP contribution >= 0.6 is 11.6 Å². The summed E-state index contributed by atoms with van der Waals surface area (Å²) >= 11 is 5.90. The van der Waals surface area contributed by atoms with E-state index in [4.69, 9.17) is 11.6 Å². The third kappa shape index (κ3) is 3.06. The van der Waals surface area contributed by atoms with Gasteiger partial charge in [0.25, 0.3) is 0 Å². The van der Waals surface area contributed by atoms with Crippen molar-refractivity contribution in [1.82, 2.24) is 0 Å². The fourth-order valence-corrected chi connectivity index (χ4v) is 3.25. The molecule has 1 aliphatic rings. The first-order valence-electron chi connectivity index (χ1n) is 6.83. The van der Waals surface area contributed by atoms with Gasteiger partial charge in [0.05, 0.1) is 11.5 Å². The zero-order valence-electron chi connectivity index (χ0n) is 11.0. The highest BCUT2D eigenvalue weighted by molar-refractivity contribution is 6.30. The van der Waals surface area contributed by atoms with Crippen molar-refractivity contribution in [1.29, 1.82) is 5.26 Å². The second-order valence-electron chi connectivity index (χ2n) is 5.57. The van der Waals surface area contributed by atoms with Gasteiger partial charge in [-0.05, 0) is 42.9 Å². The van der Waals surface area contributed by atoms with Gasteiger partial charge in [0.15, 0.2) is 0 Å². The summed E-state index contributed by atoms with van der Waals surface area (Å²) in [6.07, 6.45) is 6.66. The van der Waals surface area contributed by atoms with Crippen LogP contribution in [-0.4, -0.2) is 0 Å². The van der Waals surface area contributed by atoms with Gasteiger partial charge in [-0.2, -0.15) is 5.26 Å². The number of benzene rings is 1. The molecule has 2 unspecified atom stereocenters. The van der Waals surface area contributed by atoms with Crippen LogP contribution in [0.4, 0.5) is 0 Å². The zero-order valence-corrected chi connectivity index (χ0v) is 11.7. The van der Waals surface area contributed by atoms with Crippen LogP contribution < -0.4 is 0 Å². The van der Waals surface area contributed by atoms with E-state index >= 15 is 0 Å². The van der Waals surface area contributed by atoms with Crippen molar-refractivity contribution in [2.75, 3.05) is 0 Å². The summed E-state index contributed by atoms with van der Waals surface area (Å²) in [5, 5.41) is 10.4. The van der Waals surface area contributed by atoms with Crippen molar-refractivity contribution >= 4 is 11.6 Å². The minimum atomic E-state index is -0.146. The molecule has 1 aliphatic carbocycles. The minimum absolute atomic E-state index is 0.146. The molecule has 0 aliphatic heterocycles. The molecule has 0 amide bonds. The van der Waals surface area contributed by atoms with E-state index in [1.165, 1.54) is 24.8 Å². The Labute approximate surface area is 115 Å². The predicted molar refractivity (Wildman–Crippen MR) is 75.5 cm³/mol. The maximum absolute atomic E-state index is 9.59. The Morgan fingerprint density at radius 2 is 2.11 bits per heavy atom. The van der Waals surface area contributed by atoms with Gasteiger partial charge in [0.2, 0.25) is 0 Å². The third-order valence-electron chi connectivity index (χ3n) is 4.22.